The molecule has 1 aliphatic heterocycles. The maximum atomic E-state index is 14.4. The Morgan fingerprint density at radius 1 is 1.03 bits per heavy atom. The smallest absolute Gasteiger partial charge is 0.327 e. The highest BCUT2D eigenvalue weighted by molar-refractivity contribution is 7.98. The van der Waals surface area contributed by atoms with Crippen LogP contribution in [-0.4, -0.2) is 22.4 Å². The van der Waals surface area contributed by atoms with E-state index in [1.54, 1.807) is 30.8 Å². The van der Waals surface area contributed by atoms with E-state index in [0.717, 1.165) is 16.0 Å². The Morgan fingerprint density at radius 3 is 2.46 bits per heavy atom. The average molecular weight is 487 g/mol. The van der Waals surface area contributed by atoms with Crippen LogP contribution in [0.25, 0.3) is 17.0 Å². The first kappa shape index (κ1) is 22.9. The summed E-state index contributed by atoms with van der Waals surface area (Å²) in [5, 5.41) is 7.23. The van der Waals surface area contributed by atoms with Crippen molar-refractivity contribution >= 4 is 29.1 Å². The molecule has 176 valence electrons. The number of carbonyl (C=O) groups is 1. The van der Waals surface area contributed by atoms with Crippen LogP contribution in [0.4, 0.5) is 14.9 Å². The highest BCUT2D eigenvalue weighted by Crippen LogP contribution is 2.39. The van der Waals surface area contributed by atoms with Crippen LogP contribution in [0.3, 0.4) is 0 Å². The van der Waals surface area contributed by atoms with E-state index >= 15 is 0 Å². The van der Waals surface area contributed by atoms with Crippen molar-refractivity contribution in [3.8, 4) is 11.4 Å². The molecule has 0 aliphatic carbocycles. The number of aryl methyl sites for hydroxylation is 1. The Morgan fingerprint density at radius 2 is 1.77 bits per heavy atom. The van der Waals surface area contributed by atoms with Gasteiger partial charge >= 0.3 is 6.03 Å². The minimum Gasteiger partial charge on any atom is -0.334 e. The fourth-order valence-corrected chi connectivity index (χ4v) is 4.54. The van der Waals surface area contributed by atoms with Gasteiger partial charge < -0.3 is 9.84 Å². The van der Waals surface area contributed by atoms with Gasteiger partial charge in [0.05, 0.1) is 17.3 Å². The number of aromatic nitrogens is 2. The molecule has 8 heteroatoms. The summed E-state index contributed by atoms with van der Waals surface area (Å²) in [5.41, 5.74) is 3.85. The number of rotatable bonds is 5. The van der Waals surface area contributed by atoms with Gasteiger partial charge in [-0.05, 0) is 55.5 Å². The van der Waals surface area contributed by atoms with Crippen LogP contribution in [0, 0.1) is 12.7 Å². The Hall–Kier alpha value is -3.91. The van der Waals surface area contributed by atoms with Crippen molar-refractivity contribution < 1.29 is 13.7 Å². The zero-order valence-electron chi connectivity index (χ0n) is 19.4. The molecule has 2 amide bonds. The van der Waals surface area contributed by atoms with Gasteiger partial charge in [0.25, 0.3) is 5.89 Å². The lowest BCUT2D eigenvalue weighted by Crippen LogP contribution is -2.46. The van der Waals surface area contributed by atoms with Gasteiger partial charge in [0.1, 0.15) is 5.82 Å². The molecule has 0 saturated heterocycles. The number of benzene rings is 3. The number of urea groups is 1. The predicted octanol–water partition coefficient (Wildman–Crippen LogP) is 6.61. The summed E-state index contributed by atoms with van der Waals surface area (Å²) in [6.45, 7) is 3.49. The maximum Gasteiger partial charge on any atom is 0.327 e. The van der Waals surface area contributed by atoms with Crippen molar-refractivity contribution in [2.75, 3.05) is 11.2 Å². The van der Waals surface area contributed by atoms with Crippen LogP contribution in [0.5, 0.6) is 0 Å². The number of anilines is 1. The Balaban J connectivity index is 1.65. The average Bonchev–Trinajstić information content (AvgIpc) is 3.36. The number of nitrogens with one attached hydrogen (secondary N) is 1. The van der Waals surface area contributed by atoms with E-state index in [2.05, 4.69) is 15.5 Å². The third-order valence-electron chi connectivity index (χ3n) is 6.04. The standard InChI is InChI=1S/C27H23FN4O2S/c1-16-9-12-20(15-22(16)28)32-17(2)23(26-30-25(31-34-26)19-7-5-4-6-8-19)24(29-27(32)33)18-10-13-21(35-3)14-11-18/h4-15,24H,1-3H3,(H,29,33). The quantitative estimate of drug-likeness (QED) is 0.322. The molecule has 4 aromatic rings. The lowest BCUT2D eigenvalue weighted by atomic mass is 9.94. The zero-order valence-corrected chi connectivity index (χ0v) is 20.3. The number of halogens is 1. The third kappa shape index (κ3) is 4.33. The molecule has 35 heavy (non-hydrogen) atoms. The lowest BCUT2D eigenvalue weighted by Gasteiger charge is -2.35. The van der Waals surface area contributed by atoms with Crippen molar-refractivity contribution in [1.29, 1.82) is 0 Å². The van der Waals surface area contributed by atoms with Crippen LogP contribution in [0.15, 0.2) is 87.9 Å². The summed E-state index contributed by atoms with van der Waals surface area (Å²) in [6.07, 6.45) is 2.01. The van der Waals surface area contributed by atoms with Crippen molar-refractivity contribution in [3.05, 3.63) is 101 Å². The van der Waals surface area contributed by atoms with Gasteiger partial charge in [-0.25, -0.2) is 9.18 Å². The van der Waals surface area contributed by atoms with Gasteiger partial charge in [-0.1, -0.05) is 53.7 Å². The van der Waals surface area contributed by atoms with Gasteiger partial charge in [-0.3, -0.25) is 4.90 Å². The molecule has 0 saturated carbocycles. The van der Waals surface area contributed by atoms with Gasteiger partial charge in [0.2, 0.25) is 5.82 Å². The second-order valence-electron chi connectivity index (χ2n) is 8.21. The van der Waals surface area contributed by atoms with Gasteiger partial charge in [0.15, 0.2) is 0 Å². The van der Waals surface area contributed by atoms with Crippen LogP contribution in [-0.2, 0) is 0 Å². The molecule has 6 nitrogen and oxygen atoms in total. The topological polar surface area (TPSA) is 71.3 Å². The third-order valence-corrected chi connectivity index (χ3v) is 6.78. The van der Waals surface area contributed by atoms with Crippen molar-refractivity contribution in [3.63, 3.8) is 0 Å². The number of nitrogens with zero attached hydrogens (tertiary/aromatic N) is 3. The Kier molecular flexibility index (Phi) is 6.13. The molecule has 0 bridgehead atoms. The van der Waals surface area contributed by atoms with Crippen LogP contribution in [0.2, 0.25) is 0 Å². The van der Waals surface area contributed by atoms with E-state index in [-0.39, 0.29) is 17.7 Å². The van der Waals surface area contributed by atoms with E-state index in [1.807, 2.05) is 67.8 Å². The molecule has 0 radical (unpaired) electrons. The van der Waals surface area contributed by atoms with Crippen molar-refractivity contribution in [1.82, 2.24) is 15.5 Å². The fraction of sp³-hybridized carbons (Fsp3) is 0.148. The van der Waals surface area contributed by atoms with Crippen LogP contribution < -0.4 is 10.2 Å². The maximum absolute atomic E-state index is 14.4. The highest BCUT2D eigenvalue weighted by Gasteiger charge is 2.36. The summed E-state index contributed by atoms with van der Waals surface area (Å²) in [7, 11) is 0. The number of hydrogen-bond donors (Lipinski definition) is 1. The summed E-state index contributed by atoms with van der Waals surface area (Å²) in [6, 6.07) is 21.3. The fourth-order valence-electron chi connectivity index (χ4n) is 4.14. The molecule has 1 unspecified atom stereocenters. The number of carbonyl (C=O) groups excluding carboxylic acids is 1. The minimum absolute atomic E-state index is 0.290. The molecule has 0 fully saturated rings. The molecule has 1 aromatic heterocycles. The molecule has 3 aromatic carbocycles. The van der Waals surface area contributed by atoms with Crippen LogP contribution in [0.1, 0.15) is 30.0 Å². The Bertz CT molecular complexity index is 1420. The molecule has 1 atom stereocenters. The van der Waals surface area contributed by atoms with E-state index in [0.29, 0.717) is 28.3 Å². The van der Waals surface area contributed by atoms with E-state index < -0.39 is 6.04 Å². The molecule has 1 N–H and O–H groups in total. The molecule has 2 heterocycles. The summed E-state index contributed by atoms with van der Waals surface area (Å²) in [4.78, 5) is 20.5. The number of hydrogen-bond acceptors (Lipinski definition) is 5. The second kappa shape index (κ2) is 9.38. The largest absolute Gasteiger partial charge is 0.334 e. The van der Waals surface area contributed by atoms with Crippen molar-refractivity contribution in [2.45, 2.75) is 24.8 Å². The second-order valence-corrected chi connectivity index (χ2v) is 9.09. The SMILES string of the molecule is CSc1ccc(C2NC(=O)N(c3ccc(C)c(F)c3)C(C)=C2c2nc(-c3ccccc3)no2)cc1. The van der Waals surface area contributed by atoms with E-state index in [4.69, 9.17) is 4.52 Å². The number of allylic oxidation sites excluding steroid dienone is 1. The number of amides is 2. The minimum atomic E-state index is -0.519. The van der Waals surface area contributed by atoms with E-state index in [1.165, 1.54) is 11.0 Å². The summed E-state index contributed by atoms with van der Waals surface area (Å²) in [5.74, 6) is 0.351. The predicted molar refractivity (Wildman–Crippen MR) is 135 cm³/mol. The molecular formula is C27H23FN4O2S. The first-order chi connectivity index (χ1) is 17.0. The van der Waals surface area contributed by atoms with Crippen molar-refractivity contribution in [2.24, 2.45) is 0 Å². The monoisotopic (exact) mass is 486 g/mol. The summed E-state index contributed by atoms with van der Waals surface area (Å²) >= 11 is 1.64. The van der Waals surface area contributed by atoms with Gasteiger partial charge in [-0.15, -0.1) is 11.8 Å². The zero-order chi connectivity index (χ0) is 24.5. The Labute approximate surface area is 206 Å². The van der Waals surface area contributed by atoms with E-state index in [9.17, 15) is 9.18 Å². The number of thioether (sulfide) groups is 1. The summed E-state index contributed by atoms with van der Waals surface area (Å²) < 4.78 is 20.1. The normalized spacial score (nSPS) is 15.9. The lowest BCUT2D eigenvalue weighted by molar-refractivity contribution is 0.244. The van der Waals surface area contributed by atoms with Gasteiger partial charge in [-0.2, -0.15) is 4.98 Å². The highest BCUT2D eigenvalue weighted by atomic mass is 32.2. The molecule has 1 aliphatic rings. The first-order valence-electron chi connectivity index (χ1n) is 11.1. The van der Waals surface area contributed by atoms with Crippen LogP contribution >= 0.6 is 11.8 Å². The first-order valence-corrected chi connectivity index (χ1v) is 12.3. The molecule has 0 spiro atoms. The molecule has 5 rings (SSSR count). The molecular weight excluding hydrogens is 463 g/mol. The van der Waals surface area contributed by atoms with Gasteiger partial charge in [0, 0.05) is 16.2 Å².